The van der Waals surface area contributed by atoms with E-state index >= 15 is 0 Å². The predicted molar refractivity (Wildman–Crippen MR) is 73.3 cm³/mol. The zero-order valence-corrected chi connectivity index (χ0v) is 12.1. The molecule has 0 aliphatic rings. The van der Waals surface area contributed by atoms with Crippen molar-refractivity contribution in [3.63, 3.8) is 0 Å². The summed E-state index contributed by atoms with van der Waals surface area (Å²) in [5, 5.41) is 0. The van der Waals surface area contributed by atoms with Gasteiger partial charge in [0.2, 0.25) is 0 Å². The molecule has 0 heterocycles. The number of rotatable bonds is 12. The summed E-state index contributed by atoms with van der Waals surface area (Å²) >= 11 is 5.58. The van der Waals surface area contributed by atoms with Gasteiger partial charge in [0.05, 0.1) is 5.75 Å². The third-order valence-electron chi connectivity index (χ3n) is 2.79. The van der Waals surface area contributed by atoms with E-state index in [-0.39, 0.29) is 5.75 Å². The van der Waals surface area contributed by atoms with Crippen molar-refractivity contribution >= 4 is 21.7 Å². The van der Waals surface area contributed by atoms with E-state index in [1.807, 2.05) is 0 Å². The van der Waals surface area contributed by atoms with Gasteiger partial charge in [-0.15, -0.1) is 11.6 Å². The molecule has 0 radical (unpaired) electrons. The lowest BCUT2D eigenvalue weighted by Gasteiger charge is -2.01. The van der Waals surface area contributed by atoms with Gasteiger partial charge < -0.3 is 0 Å². The van der Waals surface area contributed by atoms with Gasteiger partial charge in [0.15, 0.2) is 0 Å². The molecule has 17 heavy (non-hydrogen) atoms. The zero-order chi connectivity index (χ0) is 13.0. The molecular weight excluding hydrogens is 260 g/mol. The molecule has 0 aromatic carbocycles. The smallest absolute Gasteiger partial charge is 0.264 e. The molecule has 0 saturated carbocycles. The van der Waals surface area contributed by atoms with Crippen molar-refractivity contribution in [1.82, 2.24) is 0 Å². The average Bonchev–Trinajstić information content (AvgIpc) is 2.24. The molecule has 3 nitrogen and oxygen atoms in total. The maximum atomic E-state index is 10.4. The van der Waals surface area contributed by atoms with Gasteiger partial charge in [-0.1, -0.05) is 51.4 Å². The molecule has 5 heteroatoms. The zero-order valence-electron chi connectivity index (χ0n) is 10.5. The maximum Gasteiger partial charge on any atom is 0.264 e. The first kappa shape index (κ1) is 17.2. The Morgan fingerprint density at radius 2 is 1.06 bits per heavy atom. The van der Waals surface area contributed by atoms with Crippen LogP contribution in [0.2, 0.25) is 0 Å². The lowest BCUT2D eigenvalue weighted by molar-refractivity contribution is 0.478. The predicted octanol–water partition coefficient (Wildman–Crippen LogP) is 4.01. The van der Waals surface area contributed by atoms with Gasteiger partial charge in [-0.05, 0) is 12.8 Å². The van der Waals surface area contributed by atoms with Crippen LogP contribution in [0, 0.1) is 0 Å². The SMILES string of the molecule is O=S(=O)(O)CCCCCCCCCCCCCl. The Labute approximate surface area is 111 Å². The van der Waals surface area contributed by atoms with Gasteiger partial charge in [0.25, 0.3) is 10.1 Å². The van der Waals surface area contributed by atoms with Crippen LogP contribution in [0.1, 0.15) is 64.2 Å². The summed E-state index contributed by atoms with van der Waals surface area (Å²) in [6, 6.07) is 0. The van der Waals surface area contributed by atoms with Gasteiger partial charge >= 0.3 is 0 Å². The van der Waals surface area contributed by atoms with Crippen LogP contribution < -0.4 is 0 Å². The number of halogens is 1. The van der Waals surface area contributed by atoms with E-state index in [2.05, 4.69) is 0 Å². The molecule has 0 aromatic heterocycles. The quantitative estimate of drug-likeness (QED) is 0.335. The molecule has 1 N–H and O–H groups in total. The summed E-state index contributed by atoms with van der Waals surface area (Å²) < 4.78 is 29.4. The van der Waals surface area contributed by atoms with Crippen molar-refractivity contribution in [2.24, 2.45) is 0 Å². The number of unbranched alkanes of at least 4 members (excludes halogenated alkanes) is 9. The van der Waals surface area contributed by atoms with E-state index in [1.54, 1.807) is 0 Å². The summed E-state index contributed by atoms with van der Waals surface area (Å²) in [6.45, 7) is 0. The van der Waals surface area contributed by atoms with Crippen LogP contribution in [0.4, 0.5) is 0 Å². The fraction of sp³-hybridized carbons (Fsp3) is 1.00. The minimum absolute atomic E-state index is 0.0918. The normalized spacial score (nSPS) is 11.9. The van der Waals surface area contributed by atoms with Crippen molar-refractivity contribution < 1.29 is 13.0 Å². The van der Waals surface area contributed by atoms with Crippen molar-refractivity contribution in [1.29, 1.82) is 0 Å². The summed E-state index contributed by atoms with van der Waals surface area (Å²) in [6.07, 6.45) is 11.1. The van der Waals surface area contributed by atoms with E-state index in [1.165, 1.54) is 38.5 Å². The molecule has 0 amide bonds. The largest absolute Gasteiger partial charge is 0.286 e. The summed E-state index contributed by atoms with van der Waals surface area (Å²) in [7, 11) is -3.75. The molecule has 0 spiro atoms. The highest BCUT2D eigenvalue weighted by Crippen LogP contribution is 2.11. The van der Waals surface area contributed by atoms with Crippen LogP contribution in [-0.2, 0) is 10.1 Å². The standard InChI is InChI=1S/C12H25ClO3S/c13-11-9-7-5-3-1-2-4-6-8-10-12-17(14,15)16/h1-12H2,(H,14,15,16). The Bertz CT molecular complexity index is 252. The van der Waals surface area contributed by atoms with Crippen LogP contribution in [0.15, 0.2) is 0 Å². The van der Waals surface area contributed by atoms with Gasteiger partial charge in [-0.3, -0.25) is 4.55 Å². The second-order valence-electron chi connectivity index (χ2n) is 4.51. The monoisotopic (exact) mass is 284 g/mol. The van der Waals surface area contributed by atoms with E-state index in [0.717, 1.165) is 25.1 Å². The summed E-state index contributed by atoms with van der Waals surface area (Å²) in [5.74, 6) is 0.680. The highest BCUT2D eigenvalue weighted by atomic mass is 35.5. The van der Waals surface area contributed by atoms with Crippen molar-refractivity contribution in [3.05, 3.63) is 0 Å². The molecular formula is C12H25ClO3S. The van der Waals surface area contributed by atoms with Gasteiger partial charge in [-0.2, -0.15) is 8.42 Å². The fourth-order valence-corrected chi connectivity index (χ4v) is 2.55. The first-order valence-electron chi connectivity index (χ1n) is 6.57. The van der Waals surface area contributed by atoms with Crippen LogP contribution in [-0.4, -0.2) is 24.6 Å². The van der Waals surface area contributed by atoms with Crippen LogP contribution in [0.3, 0.4) is 0 Å². The van der Waals surface area contributed by atoms with Crippen molar-refractivity contribution in [3.8, 4) is 0 Å². The molecule has 0 unspecified atom stereocenters. The minimum atomic E-state index is -3.75. The second kappa shape index (κ2) is 11.3. The third-order valence-corrected chi connectivity index (χ3v) is 3.86. The average molecular weight is 285 g/mol. The molecule has 104 valence electrons. The molecule has 0 bridgehead atoms. The Morgan fingerprint density at radius 1 is 0.706 bits per heavy atom. The Balaban J connectivity index is 3.04. The van der Waals surface area contributed by atoms with Gasteiger partial charge in [-0.25, -0.2) is 0 Å². The van der Waals surface area contributed by atoms with Crippen molar-refractivity contribution in [2.75, 3.05) is 11.6 Å². The molecule has 0 fully saturated rings. The topological polar surface area (TPSA) is 54.4 Å². The molecule has 0 aromatic rings. The van der Waals surface area contributed by atoms with Crippen LogP contribution in [0.25, 0.3) is 0 Å². The Kier molecular flexibility index (Phi) is 11.4. The van der Waals surface area contributed by atoms with Gasteiger partial charge in [0, 0.05) is 5.88 Å². The number of alkyl halides is 1. The first-order chi connectivity index (χ1) is 8.06. The lowest BCUT2D eigenvalue weighted by Crippen LogP contribution is -2.03. The highest BCUT2D eigenvalue weighted by Gasteiger charge is 2.02. The molecule has 0 rings (SSSR count). The highest BCUT2D eigenvalue weighted by molar-refractivity contribution is 7.85. The minimum Gasteiger partial charge on any atom is -0.286 e. The molecule has 0 atom stereocenters. The molecule has 0 aliphatic heterocycles. The van der Waals surface area contributed by atoms with Crippen LogP contribution >= 0.6 is 11.6 Å². The number of hydrogen-bond acceptors (Lipinski definition) is 2. The maximum absolute atomic E-state index is 10.4. The van der Waals surface area contributed by atoms with E-state index in [9.17, 15) is 8.42 Å². The Morgan fingerprint density at radius 3 is 1.41 bits per heavy atom. The Hall–Kier alpha value is 0.200. The van der Waals surface area contributed by atoms with E-state index in [4.69, 9.17) is 16.2 Å². The number of hydrogen-bond donors (Lipinski definition) is 1. The first-order valence-corrected chi connectivity index (χ1v) is 8.72. The third kappa shape index (κ3) is 16.2. The second-order valence-corrected chi connectivity index (χ2v) is 6.46. The lowest BCUT2D eigenvalue weighted by atomic mass is 10.1. The van der Waals surface area contributed by atoms with Crippen LogP contribution in [0.5, 0.6) is 0 Å². The van der Waals surface area contributed by atoms with Gasteiger partial charge in [0.1, 0.15) is 0 Å². The van der Waals surface area contributed by atoms with Crippen molar-refractivity contribution in [2.45, 2.75) is 64.2 Å². The molecule has 0 aliphatic carbocycles. The summed E-state index contributed by atoms with van der Waals surface area (Å²) in [4.78, 5) is 0. The molecule has 0 saturated heterocycles. The summed E-state index contributed by atoms with van der Waals surface area (Å²) in [5.41, 5.74) is 0. The fourth-order valence-electron chi connectivity index (χ4n) is 1.79. The van der Waals surface area contributed by atoms with E-state index in [0.29, 0.717) is 6.42 Å². The van der Waals surface area contributed by atoms with E-state index < -0.39 is 10.1 Å².